The summed E-state index contributed by atoms with van der Waals surface area (Å²) in [5.41, 5.74) is 2.81. The Kier molecular flexibility index (Phi) is 9.91. The summed E-state index contributed by atoms with van der Waals surface area (Å²) in [7, 11) is 0. The van der Waals surface area contributed by atoms with Gasteiger partial charge in [0, 0.05) is 24.0 Å². The molecule has 0 saturated carbocycles. The molecule has 1 aromatic carbocycles. The van der Waals surface area contributed by atoms with Crippen LogP contribution in [-0.4, -0.2) is 61.3 Å². The van der Waals surface area contributed by atoms with Gasteiger partial charge in [-0.05, 0) is 84.7 Å². The topological polar surface area (TPSA) is 94.2 Å². The van der Waals surface area contributed by atoms with Crippen molar-refractivity contribution in [2.45, 2.75) is 65.9 Å². The first-order valence-electron chi connectivity index (χ1n) is 13.3. The number of likely N-dealkylation sites (tertiary alicyclic amines) is 1. The fraction of sp³-hybridized carbons (Fsp3) is 0.500. The summed E-state index contributed by atoms with van der Waals surface area (Å²) in [6, 6.07) is 7.41. The zero-order chi connectivity index (χ0) is 27.9. The molecule has 3 rings (SSSR count). The summed E-state index contributed by atoms with van der Waals surface area (Å²) in [5.74, 6) is -2.22. The Bertz CT molecular complexity index is 1140. The summed E-state index contributed by atoms with van der Waals surface area (Å²) in [4.78, 5) is 41.6. The van der Waals surface area contributed by atoms with Crippen LogP contribution in [0, 0.1) is 0 Å². The van der Waals surface area contributed by atoms with E-state index in [1.807, 2.05) is 31.2 Å². The lowest BCUT2D eigenvalue weighted by atomic mass is 9.78. The second-order valence-electron chi connectivity index (χ2n) is 10.4. The standard InChI is InChI=1S/C30H40N2O6/c1-7-36-28(34)25-20(3)31-23(19-32-17-11-12-18-32)27(29(35)37-8-2)26(25)22-14-10-9-13-21(22)15-16-24(33)38-30(4,5)6/h9-10,13-16,26,31H,7-8,11-12,17-19H2,1-6H3/b16-15+. The molecule has 1 saturated heterocycles. The Morgan fingerprint density at radius 1 is 1.00 bits per heavy atom. The summed E-state index contributed by atoms with van der Waals surface area (Å²) >= 11 is 0. The normalized spacial score (nSPS) is 18.5. The SMILES string of the molecule is CCOC(=O)C1=C(C)NC(CN2CCCC2)=C(C(=O)OCC)C1c1ccccc1/C=C/C(=O)OC(C)(C)C. The van der Waals surface area contributed by atoms with Gasteiger partial charge in [0.15, 0.2) is 0 Å². The molecule has 1 aromatic rings. The third-order valence-corrected chi connectivity index (χ3v) is 6.33. The van der Waals surface area contributed by atoms with Crippen LogP contribution in [0.4, 0.5) is 0 Å². The molecule has 1 N–H and O–H groups in total. The first kappa shape index (κ1) is 29.2. The van der Waals surface area contributed by atoms with Crippen LogP contribution in [0.5, 0.6) is 0 Å². The molecule has 0 radical (unpaired) electrons. The first-order valence-corrected chi connectivity index (χ1v) is 13.3. The maximum Gasteiger partial charge on any atom is 0.336 e. The predicted octanol–water partition coefficient (Wildman–Crippen LogP) is 4.48. The summed E-state index contributed by atoms with van der Waals surface area (Å²) < 4.78 is 16.4. The molecule has 0 spiro atoms. The number of esters is 3. The van der Waals surface area contributed by atoms with E-state index in [-0.39, 0.29) is 13.2 Å². The van der Waals surface area contributed by atoms with E-state index in [9.17, 15) is 14.4 Å². The molecule has 206 valence electrons. The molecule has 38 heavy (non-hydrogen) atoms. The van der Waals surface area contributed by atoms with Gasteiger partial charge in [-0.25, -0.2) is 14.4 Å². The number of hydrogen-bond acceptors (Lipinski definition) is 8. The monoisotopic (exact) mass is 524 g/mol. The van der Waals surface area contributed by atoms with Crippen LogP contribution in [0.2, 0.25) is 0 Å². The molecule has 0 amide bonds. The Balaban J connectivity index is 2.17. The van der Waals surface area contributed by atoms with Crippen LogP contribution in [0.15, 0.2) is 52.9 Å². The number of ether oxygens (including phenoxy) is 3. The molecule has 0 bridgehead atoms. The van der Waals surface area contributed by atoms with Crippen molar-refractivity contribution in [3.05, 3.63) is 64.0 Å². The fourth-order valence-corrected chi connectivity index (χ4v) is 4.84. The number of allylic oxidation sites excluding steroid dienone is 1. The van der Waals surface area contributed by atoms with Gasteiger partial charge in [-0.2, -0.15) is 0 Å². The van der Waals surface area contributed by atoms with Crippen LogP contribution in [0.3, 0.4) is 0 Å². The highest BCUT2D eigenvalue weighted by Crippen LogP contribution is 2.41. The molecule has 1 unspecified atom stereocenters. The number of carbonyl (C=O) groups excluding carboxylic acids is 3. The van der Waals surface area contributed by atoms with E-state index < -0.39 is 29.4 Å². The third kappa shape index (κ3) is 7.34. The minimum atomic E-state index is -0.744. The Morgan fingerprint density at radius 3 is 2.21 bits per heavy atom. The lowest BCUT2D eigenvalue weighted by Crippen LogP contribution is -2.38. The van der Waals surface area contributed by atoms with Crippen molar-refractivity contribution in [2.75, 3.05) is 32.8 Å². The summed E-state index contributed by atoms with van der Waals surface area (Å²) in [6.07, 6.45) is 5.23. The van der Waals surface area contributed by atoms with Gasteiger partial charge >= 0.3 is 17.9 Å². The number of nitrogens with zero attached hydrogens (tertiary/aromatic N) is 1. The number of carbonyl (C=O) groups is 3. The Hall–Kier alpha value is -3.39. The number of rotatable bonds is 9. The summed E-state index contributed by atoms with van der Waals surface area (Å²) in [5, 5.41) is 3.34. The lowest BCUT2D eigenvalue weighted by molar-refractivity contribution is -0.148. The quantitative estimate of drug-likeness (QED) is 0.287. The first-order chi connectivity index (χ1) is 18.1. The van der Waals surface area contributed by atoms with E-state index in [0.29, 0.717) is 40.2 Å². The molecule has 8 heteroatoms. The zero-order valence-electron chi connectivity index (χ0n) is 23.4. The van der Waals surface area contributed by atoms with Gasteiger partial charge in [-0.1, -0.05) is 24.3 Å². The van der Waals surface area contributed by atoms with E-state index >= 15 is 0 Å². The van der Waals surface area contributed by atoms with Crippen LogP contribution >= 0.6 is 0 Å². The fourth-order valence-electron chi connectivity index (χ4n) is 4.84. The highest BCUT2D eigenvalue weighted by Gasteiger charge is 2.40. The zero-order valence-corrected chi connectivity index (χ0v) is 23.4. The minimum absolute atomic E-state index is 0.196. The molecule has 1 atom stereocenters. The summed E-state index contributed by atoms with van der Waals surface area (Å²) in [6.45, 7) is 13.6. The second-order valence-corrected chi connectivity index (χ2v) is 10.4. The van der Waals surface area contributed by atoms with E-state index in [0.717, 1.165) is 25.9 Å². The molecule has 2 heterocycles. The van der Waals surface area contributed by atoms with Crippen molar-refractivity contribution in [3.63, 3.8) is 0 Å². The van der Waals surface area contributed by atoms with Crippen molar-refractivity contribution in [1.29, 1.82) is 0 Å². The van der Waals surface area contributed by atoms with Crippen molar-refractivity contribution in [2.24, 2.45) is 0 Å². The van der Waals surface area contributed by atoms with Gasteiger partial charge < -0.3 is 19.5 Å². The Labute approximate surface area is 225 Å². The van der Waals surface area contributed by atoms with Crippen LogP contribution in [0.25, 0.3) is 6.08 Å². The van der Waals surface area contributed by atoms with Crippen molar-refractivity contribution in [1.82, 2.24) is 10.2 Å². The van der Waals surface area contributed by atoms with Crippen LogP contribution in [-0.2, 0) is 28.6 Å². The van der Waals surface area contributed by atoms with Gasteiger partial charge in [0.05, 0.1) is 30.3 Å². The molecular weight excluding hydrogens is 484 g/mol. The van der Waals surface area contributed by atoms with Gasteiger partial charge in [-0.3, -0.25) is 4.90 Å². The van der Waals surface area contributed by atoms with Gasteiger partial charge in [-0.15, -0.1) is 0 Å². The predicted molar refractivity (Wildman–Crippen MR) is 146 cm³/mol. The average Bonchev–Trinajstić information content (AvgIpc) is 3.35. The maximum absolute atomic E-state index is 13.5. The largest absolute Gasteiger partial charge is 0.463 e. The second kappa shape index (κ2) is 12.9. The number of benzene rings is 1. The van der Waals surface area contributed by atoms with Crippen molar-refractivity contribution in [3.8, 4) is 0 Å². The average molecular weight is 525 g/mol. The van der Waals surface area contributed by atoms with Crippen molar-refractivity contribution >= 4 is 24.0 Å². The smallest absolute Gasteiger partial charge is 0.336 e. The molecule has 2 aliphatic heterocycles. The molecule has 2 aliphatic rings. The van der Waals surface area contributed by atoms with E-state index in [1.54, 1.807) is 40.7 Å². The molecule has 8 nitrogen and oxygen atoms in total. The number of hydrogen-bond donors (Lipinski definition) is 1. The Morgan fingerprint density at radius 2 is 1.61 bits per heavy atom. The van der Waals surface area contributed by atoms with E-state index in [4.69, 9.17) is 14.2 Å². The van der Waals surface area contributed by atoms with Gasteiger partial charge in [0.25, 0.3) is 0 Å². The number of nitrogens with one attached hydrogen (secondary N) is 1. The van der Waals surface area contributed by atoms with Crippen LogP contribution < -0.4 is 5.32 Å². The molecular formula is C30H40N2O6. The highest BCUT2D eigenvalue weighted by atomic mass is 16.6. The molecule has 0 aromatic heterocycles. The van der Waals surface area contributed by atoms with Gasteiger partial charge in [0.2, 0.25) is 0 Å². The van der Waals surface area contributed by atoms with E-state index in [2.05, 4.69) is 10.2 Å². The van der Waals surface area contributed by atoms with Gasteiger partial charge in [0.1, 0.15) is 5.60 Å². The molecule has 1 fully saturated rings. The van der Waals surface area contributed by atoms with E-state index in [1.165, 1.54) is 6.08 Å². The lowest BCUT2D eigenvalue weighted by Gasteiger charge is -2.33. The minimum Gasteiger partial charge on any atom is -0.463 e. The number of dihydropyridines is 1. The van der Waals surface area contributed by atoms with Crippen molar-refractivity contribution < 1.29 is 28.6 Å². The third-order valence-electron chi connectivity index (χ3n) is 6.33. The maximum atomic E-state index is 13.5. The van der Waals surface area contributed by atoms with Crippen LogP contribution in [0.1, 0.15) is 71.4 Å². The highest BCUT2D eigenvalue weighted by molar-refractivity contribution is 6.00. The molecule has 0 aliphatic carbocycles.